The third-order valence-electron chi connectivity index (χ3n) is 5.11. The predicted octanol–water partition coefficient (Wildman–Crippen LogP) is 3.51. The van der Waals surface area contributed by atoms with Gasteiger partial charge in [-0.3, -0.25) is 4.98 Å². The molecule has 1 aliphatic carbocycles. The van der Waals surface area contributed by atoms with E-state index in [2.05, 4.69) is 15.0 Å². The minimum Gasteiger partial charge on any atom is -0.491 e. The average molecular weight is 371 g/mol. The average Bonchev–Trinajstić information content (AvgIpc) is 3.13. The quantitative estimate of drug-likeness (QED) is 0.684. The molecular formula is C20H25N3O4. The topological polar surface area (TPSA) is 105 Å². The summed E-state index contributed by atoms with van der Waals surface area (Å²) in [7, 11) is 0. The minimum absolute atomic E-state index is 0.155. The summed E-state index contributed by atoms with van der Waals surface area (Å²) in [6.07, 6.45) is 7.88. The van der Waals surface area contributed by atoms with E-state index in [0.29, 0.717) is 18.9 Å². The van der Waals surface area contributed by atoms with Crippen LogP contribution in [0.3, 0.4) is 0 Å². The van der Waals surface area contributed by atoms with Crippen molar-refractivity contribution in [2.75, 3.05) is 6.61 Å². The van der Waals surface area contributed by atoms with Crippen LogP contribution in [0.15, 0.2) is 24.4 Å². The summed E-state index contributed by atoms with van der Waals surface area (Å²) in [5, 5.41) is 19.8. The number of unbranched alkanes of at least 4 members (excludes halogenated alkanes) is 1. The van der Waals surface area contributed by atoms with Gasteiger partial charge in [0.2, 0.25) is 5.75 Å². The minimum atomic E-state index is -1.24. The molecule has 2 aromatic heterocycles. The number of aromatic carboxylic acids is 1. The second kappa shape index (κ2) is 8.33. The van der Waals surface area contributed by atoms with Crippen LogP contribution in [0.1, 0.15) is 67.5 Å². The number of aromatic nitrogens is 3. The van der Waals surface area contributed by atoms with Crippen LogP contribution in [-0.2, 0) is 11.8 Å². The molecule has 2 heterocycles. The van der Waals surface area contributed by atoms with Crippen molar-refractivity contribution in [3.63, 3.8) is 0 Å². The van der Waals surface area contributed by atoms with E-state index in [1.807, 2.05) is 25.1 Å². The molecule has 2 aromatic rings. The van der Waals surface area contributed by atoms with Gasteiger partial charge in [0.15, 0.2) is 5.69 Å². The molecule has 7 heteroatoms. The fourth-order valence-corrected chi connectivity index (χ4v) is 3.71. The van der Waals surface area contributed by atoms with Crippen LogP contribution in [0.5, 0.6) is 11.6 Å². The number of aromatic hydroxyl groups is 1. The van der Waals surface area contributed by atoms with Gasteiger partial charge in [-0.2, -0.15) is 4.98 Å². The molecule has 0 radical (unpaired) electrons. The first-order chi connectivity index (χ1) is 13.1. The molecule has 0 unspecified atom stereocenters. The Bertz CT molecular complexity index is 789. The third-order valence-corrected chi connectivity index (χ3v) is 5.11. The van der Waals surface area contributed by atoms with E-state index in [9.17, 15) is 15.0 Å². The Hall–Kier alpha value is -2.70. The van der Waals surface area contributed by atoms with Crippen molar-refractivity contribution >= 4 is 5.97 Å². The molecule has 1 aliphatic rings. The van der Waals surface area contributed by atoms with E-state index in [0.717, 1.165) is 44.2 Å². The number of carboxylic acids is 1. The fourth-order valence-electron chi connectivity index (χ4n) is 3.71. The van der Waals surface area contributed by atoms with E-state index in [4.69, 9.17) is 4.74 Å². The van der Waals surface area contributed by atoms with Gasteiger partial charge in [-0.15, -0.1) is 0 Å². The van der Waals surface area contributed by atoms with Gasteiger partial charge in [-0.05, 0) is 31.4 Å². The van der Waals surface area contributed by atoms with Crippen molar-refractivity contribution in [2.24, 2.45) is 0 Å². The van der Waals surface area contributed by atoms with Crippen LogP contribution in [0.25, 0.3) is 0 Å². The van der Waals surface area contributed by atoms with Gasteiger partial charge in [0, 0.05) is 23.7 Å². The van der Waals surface area contributed by atoms with Gasteiger partial charge in [0.05, 0.1) is 6.61 Å². The Morgan fingerprint density at radius 3 is 2.67 bits per heavy atom. The molecule has 7 nitrogen and oxygen atoms in total. The summed E-state index contributed by atoms with van der Waals surface area (Å²) in [5.74, 6) is -1.50. The second-order valence-electron chi connectivity index (χ2n) is 7.03. The SMILES string of the molecule is CCCCOc1c(O)nc(CC2(c3ccccn3)CCCC2)nc1C(=O)O. The first-order valence-electron chi connectivity index (χ1n) is 9.43. The standard InChI is InChI=1S/C20H25N3O4/c1-2-3-12-27-17-16(19(25)26)22-15(23-18(17)24)13-20(9-5-6-10-20)14-8-4-7-11-21-14/h4,7-8,11H,2-3,5-6,9-10,12-13H2,1H3,(H,25,26)(H,22,23,24). The van der Waals surface area contributed by atoms with Crippen molar-refractivity contribution in [3.8, 4) is 11.6 Å². The lowest BCUT2D eigenvalue weighted by atomic mass is 9.79. The van der Waals surface area contributed by atoms with Crippen molar-refractivity contribution in [1.29, 1.82) is 0 Å². The van der Waals surface area contributed by atoms with E-state index >= 15 is 0 Å². The molecule has 2 N–H and O–H groups in total. The van der Waals surface area contributed by atoms with Crippen LogP contribution < -0.4 is 4.74 Å². The summed E-state index contributed by atoms with van der Waals surface area (Å²) < 4.78 is 5.44. The maximum atomic E-state index is 11.7. The van der Waals surface area contributed by atoms with E-state index in [-0.39, 0.29) is 16.9 Å². The van der Waals surface area contributed by atoms with Gasteiger partial charge in [0.1, 0.15) is 5.82 Å². The molecule has 1 fully saturated rings. The van der Waals surface area contributed by atoms with E-state index in [1.165, 1.54) is 0 Å². The molecule has 144 valence electrons. The highest BCUT2D eigenvalue weighted by molar-refractivity contribution is 5.89. The number of carboxylic acid groups (broad SMARTS) is 1. The largest absolute Gasteiger partial charge is 0.491 e. The first kappa shape index (κ1) is 19.1. The molecule has 0 atom stereocenters. The zero-order chi connectivity index (χ0) is 19.3. The number of ether oxygens (including phenoxy) is 1. The number of hydrogen-bond donors (Lipinski definition) is 2. The summed E-state index contributed by atoms with van der Waals surface area (Å²) in [4.78, 5) is 24.5. The molecule has 27 heavy (non-hydrogen) atoms. The van der Waals surface area contributed by atoms with E-state index in [1.54, 1.807) is 6.20 Å². The molecular weight excluding hydrogens is 346 g/mol. The molecule has 0 aromatic carbocycles. The van der Waals surface area contributed by atoms with Crippen molar-refractivity contribution in [1.82, 2.24) is 15.0 Å². The van der Waals surface area contributed by atoms with Gasteiger partial charge < -0.3 is 14.9 Å². The molecule has 0 bridgehead atoms. The van der Waals surface area contributed by atoms with Gasteiger partial charge >= 0.3 is 5.97 Å². The van der Waals surface area contributed by atoms with Crippen LogP contribution >= 0.6 is 0 Å². The normalized spacial score (nSPS) is 15.6. The Morgan fingerprint density at radius 1 is 1.26 bits per heavy atom. The van der Waals surface area contributed by atoms with Crippen molar-refractivity contribution in [3.05, 3.63) is 41.6 Å². The highest BCUT2D eigenvalue weighted by Gasteiger charge is 2.38. The maximum absolute atomic E-state index is 11.7. The number of rotatable bonds is 8. The molecule has 0 amide bonds. The first-order valence-corrected chi connectivity index (χ1v) is 9.43. The number of nitrogens with zero attached hydrogens (tertiary/aromatic N) is 3. The summed E-state index contributed by atoms with van der Waals surface area (Å²) in [6, 6.07) is 5.82. The van der Waals surface area contributed by atoms with Crippen molar-refractivity contribution < 1.29 is 19.7 Å². The second-order valence-corrected chi connectivity index (χ2v) is 7.03. The number of pyridine rings is 1. The summed E-state index contributed by atoms with van der Waals surface area (Å²) >= 11 is 0. The maximum Gasteiger partial charge on any atom is 0.358 e. The Morgan fingerprint density at radius 2 is 2.04 bits per heavy atom. The van der Waals surface area contributed by atoms with Crippen LogP contribution in [0.4, 0.5) is 0 Å². The van der Waals surface area contributed by atoms with E-state index < -0.39 is 11.8 Å². The Kier molecular flexibility index (Phi) is 5.88. The highest BCUT2D eigenvalue weighted by Crippen LogP contribution is 2.43. The summed E-state index contributed by atoms with van der Waals surface area (Å²) in [5.41, 5.74) is 0.446. The smallest absolute Gasteiger partial charge is 0.358 e. The van der Waals surface area contributed by atoms with Gasteiger partial charge in [-0.25, -0.2) is 9.78 Å². The van der Waals surface area contributed by atoms with Crippen LogP contribution in [0, 0.1) is 0 Å². The third kappa shape index (κ3) is 4.18. The molecule has 3 rings (SSSR count). The van der Waals surface area contributed by atoms with Crippen molar-refractivity contribution in [2.45, 2.75) is 57.3 Å². The van der Waals surface area contributed by atoms with Gasteiger partial charge in [0.25, 0.3) is 5.88 Å². The number of hydrogen-bond acceptors (Lipinski definition) is 6. The summed E-state index contributed by atoms with van der Waals surface area (Å²) in [6.45, 7) is 2.31. The number of carbonyl (C=O) groups is 1. The highest BCUT2D eigenvalue weighted by atomic mass is 16.5. The molecule has 0 saturated heterocycles. The van der Waals surface area contributed by atoms with Crippen LogP contribution in [-0.4, -0.2) is 37.7 Å². The van der Waals surface area contributed by atoms with Crippen LogP contribution in [0.2, 0.25) is 0 Å². The zero-order valence-electron chi connectivity index (χ0n) is 15.5. The Balaban J connectivity index is 1.93. The predicted molar refractivity (Wildman–Crippen MR) is 99.1 cm³/mol. The molecule has 0 spiro atoms. The lowest BCUT2D eigenvalue weighted by Crippen LogP contribution is -2.28. The molecule has 1 saturated carbocycles. The lowest BCUT2D eigenvalue weighted by Gasteiger charge is -2.28. The fraction of sp³-hybridized carbons (Fsp3) is 0.500. The lowest BCUT2D eigenvalue weighted by molar-refractivity contribution is 0.0683. The monoisotopic (exact) mass is 371 g/mol. The Labute approximate surface area is 158 Å². The zero-order valence-corrected chi connectivity index (χ0v) is 15.5. The van der Waals surface area contributed by atoms with Gasteiger partial charge in [-0.1, -0.05) is 32.3 Å². The molecule has 0 aliphatic heterocycles.